The summed E-state index contributed by atoms with van der Waals surface area (Å²) >= 11 is 7.40. The lowest BCUT2D eigenvalue weighted by molar-refractivity contribution is 0.102. The van der Waals surface area contributed by atoms with E-state index in [1.54, 1.807) is 6.20 Å². The maximum atomic E-state index is 12.4. The average molecular weight is 413 g/mol. The van der Waals surface area contributed by atoms with E-state index < -0.39 is 0 Å². The van der Waals surface area contributed by atoms with Crippen LogP contribution in [0.4, 0.5) is 5.13 Å². The molecule has 1 aliphatic heterocycles. The first kappa shape index (κ1) is 19.1. The third-order valence-electron chi connectivity index (χ3n) is 4.91. The smallest absolute Gasteiger partial charge is 0.257 e. The van der Waals surface area contributed by atoms with Crippen LogP contribution in [0.3, 0.4) is 0 Å². The van der Waals surface area contributed by atoms with Gasteiger partial charge in [-0.3, -0.25) is 20.0 Å². The number of aryl methyl sites for hydroxylation is 1. The molecule has 1 aromatic carbocycles. The lowest BCUT2D eigenvalue weighted by atomic mass is 10.1. The Morgan fingerprint density at radius 2 is 2.11 bits per heavy atom. The van der Waals surface area contributed by atoms with Gasteiger partial charge >= 0.3 is 0 Å². The van der Waals surface area contributed by atoms with Crippen LogP contribution in [-0.4, -0.2) is 27.3 Å². The van der Waals surface area contributed by atoms with Gasteiger partial charge in [0.1, 0.15) is 0 Å². The maximum Gasteiger partial charge on any atom is 0.257 e. The SMILES string of the molecule is Cc1ccc(C(=O)Nc2nc([C@H]3CCCN3Cc3ccc(Cl)cn3)cs2)cc1. The molecule has 2 aromatic heterocycles. The van der Waals surface area contributed by atoms with Gasteiger partial charge in [0.15, 0.2) is 5.13 Å². The summed E-state index contributed by atoms with van der Waals surface area (Å²) in [6.07, 6.45) is 3.87. The zero-order valence-electron chi connectivity index (χ0n) is 15.6. The Labute approximate surface area is 173 Å². The summed E-state index contributed by atoms with van der Waals surface area (Å²) in [7, 11) is 0. The van der Waals surface area contributed by atoms with Gasteiger partial charge in [0.05, 0.1) is 22.5 Å². The number of carbonyl (C=O) groups is 1. The first-order valence-electron chi connectivity index (χ1n) is 9.26. The summed E-state index contributed by atoms with van der Waals surface area (Å²) < 4.78 is 0. The molecule has 1 amide bonds. The van der Waals surface area contributed by atoms with Gasteiger partial charge in [0.2, 0.25) is 0 Å². The molecule has 0 spiro atoms. The Morgan fingerprint density at radius 1 is 1.29 bits per heavy atom. The number of hydrogen-bond acceptors (Lipinski definition) is 5. The highest BCUT2D eigenvalue weighted by Gasteiger charge is 2.28. The fourth-order valence-electron chi connectivity index (χ4n) is 3.43. The molecule has 0 aliphatic carbocycles. The van der Waals surface area contributed by atoms with Crippen LogP contribution in [-0.2, 0) is 6.54 Å². The van der Waals surface area contributed by atoms with E-state index in [9.17, 15) is 4.79 Å². The normalized spacial score (nSPS) is 17.0. The monoisotopic (exact) mass is 412 g/mol. The topological polar surface area (TPSA) is 58.1 Å². The van der Waals surface area contributed by atoms with Crippen molar-refractivity contribution in [3.05, 3.63) is 75.5 Å². The number of carbonyl (C=O) groups excluding carboxylic acids is 1. The van der Waals surface area contributed by atoms with Crippen molar-refractivity contribution in [2.45, 2.75) is 32.4 Å². The lowest BCUT2D eigenvalue weighted by Crippen LogP contribution is -2.23. The van der Waals surface area contributed by atoms with Gasteiger partial charge < -0.3 is 0 Å². The summed E-state index contributed by atoms with van der Waals surface area (Å²) in [5, 5.41) is 6.24. The van der Waals surface area contributed by atoms with E-state index in [1.165, 1.54) is 11.3 Å². The van der Waals surface area contributed by atoms with E-state index in [0.29, 0.717) is 15.7 Å². The summed E-state index contributed by atoms with van der Waals surface area (Å²) in [6, 6.07) is 11.6. The van der Waals surface area contributed by atoms with Gasteiger partial charge in [-0.1, -0.05) is 29.3 Å². The number of hydrogen-bond donors (Lipinski definition) is 1. The summed E-state index contributed by atoms with van der Waals surface area (Å²) in [4.78, 5) is 23.9. The fourth-order valence-corrected chi connectivity index (χ4v) is 4.29. The van der Waals surface area contributed by atoms with Gasteiger partial charge in [-0.25, -0.2) is 4.98 Å². The molecule has 4 rings (SSSR count). The van der Waals surface area contributed by atoms with Crippen LogP contribution in [0.2, 0.25) is 5.02 Å². The molecule has 0 bridgehead atoms. The quantitative estimate of drug-likeness (QED) is 0.634. The number of rotatable bonds is 5. The van der Waals surface area contributed by atoms with Crippen LogP contribution in [0, 0.1) is 6.92 Å². The standard InChI is InChI=1S/C21H21ClN4OS/c1-14-4-6-15(7-5-14)20(27)25-21-24-18(13-28-21)19-3-2-10-26(19)12-17-9-8-16(22)11-23-17/h4-9,11,13,19H,2-3,10,12H2,1H3,(H,24,25,27)/t19-/m1/s1. The zero-order valence-corrected chi connectivity index (χ0v) is 17.1. The Balaban J connectivity index is 1.43. The Kier molecular flexibility index (Phi) is 5.71. The van der Waals surface area contributed by atoms with E-state index in [-0.39, 0.29) is 11.9 Å². The van der Waals surface area contributed by atoms with Crippen molar-refractivity contribution in [1.29, 1.82) is 0 Å². The van der Waals surface area contributed by atoms with Crippen molar-refractivity contribution in [3.8, 4) is 0 Å². The Morgan fingerprint density at radius 3 is 2.86 bits per heavy atom. The number of halogens is 1. The first-order chi connectivity index (χ1) is 13.6. The molecule has 1 saturated heterocycles. The van der Waals surface area contributed by atoms with E-state index in [2.05, 4.69) is 20.2 Å². The Hall–Kier alpha value is -2.28. The molecular formula is C21H21ClN4OS. The second-order valence-corrected chi connectivity index (χ2v) is 8.29. The summed E-state index contributed by atoms with van der Waals surface area (Å²) in [5.41, 5.74) is 3.78. The van der Waals surface area contributed by atoms with Crippen molar-refractivity contribution < 1.29 is 4.79 Å². The van der Waals surface area contributed by atoms with Gasteiger partial charge in [-0.15, -0.1) is 11.3 Å². The van der Waals surface area contributed by atoms with Gasteiger partial charge in [0.25, 0.3) is 5.91 Å². The average Bonchev–Trinajstić information content (AvgIpc) is 3.33. The number of benzene rings is 1. The largest absolute Gasteiger partial charge is 0.298 e. The zero-order chi connectivity index (χ0) is 19.5. The molecule has 1 aliphatic rings. The molecule has 0 radical (unpaired) electrons. The lowest BCUT2D eigenvalue weighted by Gasteiger charge is -2.22. The molecule has 1 fully saturated rings. The molecule has 0 unspecified atom stereocenters. The predicted octanol–water partition coefficient (Wildman–Crippen LogP) is 5.09. The fraction of sp³-hybridized carbons (Fsp3) is 0.286. The van der Waals surface area contributed by atoms with Crippen molar-refractivity contribution >= 4 is 34.0 Å². The third-order valence-corrected chi connectivity index (χ3v) is 5.91. The highest BCUT2D eigenvalue weighted by Crippen LogP contribution is 2.34. The van der Waals surface area contributed by atoms with Crippen molar-refractivity contribution in [2.75, 3.05) is 11.9 Å². The number of amides is 1. The molecule has 0 saturated carbocycles. The Bertz CT molecular complexity index is 955. The van der Waals surface area contributed by atoms with Crippen LogP contribution in [0.25, 0.3) is 0 Å². The third kappa shape index (κ3) is 4.41. The van der Waals surface area contributed by atoms with Crippen LogP contribution < -0.4 is 5.32 Å². The first-order valence-corrected chi connectivity index (χ1v) is 10.5. The van der Waals surface area contributed by atoms with Crippen LogP contribution in [0.5, 0.6) is 0 Å². The minimum absolute atomic E-state index is 0.130. The number of nitrogens with one attached hydrogen (secondary N) is 1. The second-order valence-electron chi connectivity index (χ2n) is 6.99. The van der Waals surface area contributed by atoms with Crippen LogP contribution in [0.1, 0.15) is 46.2 Å². The number of aromatic nitrogens is 2. The van der Waals surface area contributed by atoms with Gasteiger partial charge in [-0.05, 0) is 50.6 Å². The molecule has 3 heterocycles. The molecule has 5 nitrogen and oxygen atoms in total. The highest BCUT2D eigenvalue weighted by molar-refractivity contribution is 7.14. The van der Waals surface area contributed by atoms with Crippen molar-refractivity contribution in [3.63, 3.8) is 0 Å². The second kappa shape index (κ2) is 8.39. The number of anilines is 1. The van der Waals surface area contributed by atoms with Crippen LogP contribution >= 0.6 is 22.9 Å². The molecule has 3 aromatic rings. The van der Waals surface area contributed by atoms with Gasteiger partial charge in [0, 0.05) is 23.7 Å². The summed E-state index contributed by atoms with van der Waals surface area (Å²) in [5.74, 6) is -0.130. The number of thiazole rings is 1. The maximum absolute atomic E-state index is 12.4. The number of likely N-dealkylation sites (tertiary alicyclic amines) is 1. The molecular weight excluding hydrogens is 392 g/mol. The highest BCUT2D eigenvalue weighted by atomic mass is 35.5. The van der Waals surface area contributed by atoms with Crippen molar-refractivity contribution in [1.82, 2.24) is 14.9 Å². The molecule has 28 heavy (non-hydrogen) atoms. The molecule has 7 heteroatoms. The van der Waals surface area contributed by atoms with Crippen LogP contribution in [0.15, 0.2) is 48.0 Å². The number of pyridine rings is 1. The molecule has 1 atom stereocenters. The minimum Gasteiger partial charge on any atom is -0.298 e. The van der Waals surface area contributed by atoms with E-state index in [0.717, 1.165) is 42.9 Å². The van der Waals surface area contributed by atoms with Gasteiger partial charge in [-0.2, -0.15) is 0 Å². The summed E-state index contributed by atoms with van der Waals surface area (Å²) in [6.45, 7) is 3.78. The van der Waals surface area contributed by atoms with E-state index in [1.807, 2.05) is 48.7 Å². The molecule has 1 N–H and O–H groups in total. The molecule has 144 valence electrons. The number of nitrogens with zero attached hydrogens (tertiary/aromatic N) is 3. The van der Waals surface area contributed by atoms with E-state index >= 15 is 0 Å². The minimum atomic E-state index is -0.130. The van der Waals surface area contributed by atoms with Crippen molar-refractivity contribution in [2.24, 2.45) is 0 Å². The van der Waals surface area contributed by atoms with E-state index in [4.69, 9.17) is 11.6 Å². The predicted molar refractivity (Wildman–Crippen MR) is 113 cm³/mol.